The van der Waals surface area contributed by atoms with Crippen molar-refractivity contribution in [2.45, 2.75) is 19.1 Å². The molecule has 1 unspecified atom stereocenters. The third-order valence-electron chi connectivity index (χ3n) is 5.77. The summed E-state index contributed by atoms with van der Waals surface area (Å²) in [6.07, 6.45) is 2.30. The number of piperazine rings is 1. The van der Waals surface area contributed by atoms with Gasteiger partial charge in [-0.05, 0) is 17.7 Å². The number of ether oxygens (including phenoxy) is 1. The van der Waals surface area contributed by atoms with Gasteiger partial charge in [-0.15, -0.1) is 0 Å². The average Bonchev–Trinajstić information content (AvgIpc) is 3.20. The van der Waals surface area contributed by atoms with Gasteiger partial charge in [0.15, 0.2) is 0 Å². The normalized spacial score (nSPS) is 16.1. The molecule has 1 aliphatic rings. The molecule has 0 bridgehead atoms. The van der Waals surface area contributed by atoms with Crippen molar-refractivity contribution in [2.75, 3.05) is 32.7 Å². The van der Waals surface area contributed by atoms with E-state index in [0.29, 0.717) is 26.1 Å². The number of fused-ring (bicyclic) bond motifs is 1. The summed E-state index contributed by atoms with van der Waals surface area (Å²) in [6.45, 7) is 4.08. The highest BCUT2D eigenvalue weighted by atomic mass is 16.5. The first-order chi connectivity index (χ1) is 15.2. The Morgan fingerprint density at radius 1 is 1.16 bits per heavy atom. The van der Waals surface area contributed by atoms with E-state index in [9.17, 15) is 9.90 Å². The zero-order valence-electron chi connectivity index (χ0n) is 17.3. The Morgan fingerprint density at radius 2 is 1.94 bits per heavy atom. The first kappa shape index (κ1) is 20.9. The van der Waals surface area contributed by atoms with E-state index in [2.05, 4.69) is 16.0 Å². The fraction of sp³-hybridized carbons (Fsp3) is 0.333. The second-order valence-electron chi connectivity index (χ2n) is 7.75. The van der Waals surface area contributed by atoms with Crippen molar-refractivity contribution >= 4 is 16.9 Å². The Bertz CT molecular complexity index is 1070. The first-order valence-electron chi connectivity index (χ1n) is 10.5. The maximum atomic E-state index is 12.2. The number of hydrogen-bond acceptors (Lipinski definition) is 5. The minimum Gasteiger partial charge on any atom is -0.489 e. The van der Waals surface area contributed by atoms with E-state index in [4.69, 9.17) is 10.00 Å². The van der Waals surface area contributed by atoms with Crippen molar-refractivity contribution < 1.29 is 14.6 Å². The Hall–Kier alpha value is -3.34. The fourth-order valence-electron chi connectivity index (χ4n) is 4.12. The number of aromatic nitrogens is 1. The Labute approximate surface area is 181 Å². The van der Waals surface area contributed by atoms with Crippen molar-refractivity contribution in [2.24, 2.45) is 0 Å². The van der Waals surface area contributed by atoms with E-state index in [1.165, 1.54) is 0 Å². The van der Waals surface area contributed by atoms with Crippen molar-refractivity contribution in [1.82, 2.24) is 14.8 Å². The molecule has 2 aromatic carbocycles. The van der Waals surface area contributed by atoms with Crippen LogP contribution in [-0.4, -0.2) is 58.6 Å². The Morgan fingerprint density at radius 3 is 2.65 bits per heavy atom. The maximum absolute atomic E-state index is 12.2. The molecule has 160 valence electrons. The summed E-state index contributed by atoms with van der Waals surface area (Å²) in [6, 6.07) is 17.2. The zero-order chi connectivity index (χ0) is 21.6. The highest BCUT2D eigenvalue weighted by Crippen LogP contribution is 2.31. The second-order valence-corrected chi connectivity index (χ2v) is 7.75. The van der Waals surface area contributed by atoms with Crippen molar-refractivity contribution in [1.29, 1.82) is 5.26 Å². The summed E-state index contributed by atoms with van der Waals surface area (Å²) in [4.78, 5) is 19.6. The van der Waals surface area contributed by atoms with Gasteiger partial charge in [-0.3, -0.25) is 14.6 Å². The molecule has 2 heterocycles. The van der Waals surface area contributed by atoms with Gasteiger partial charge in [0, 0.05) is 67.9 Å². The van der Waals surface area contributed by atoms with E-state index in [-0.39, 0.29) is 0 Å². The van der Waals surface area contributed by atoms with Gasteiger partial charge >= 0.3 is 5.97 Å². The summed E-state index contributed by atoms with van der Waals surface area (Å²) in [5.41, 5.74) is 2.72. The molecular weight excluding hydrogens is 392 g/mol. The summed E-state index contributed by atoms with van der Waals surface area (Å²) >= 11 is 0. The lowest BCUT2D eigenvalue weighted by atomic mass is 10.0. The van der Waals surface area contributed by atoms with Gasteiger partial charge in [-0.1, -0.05) is 30.3 Å². The highest BCUT2D eigenvalue weighted by molar-refractivity contribution is 5.90. The van der Waals surface area contributed by atoms with Crippen molar-refractivity contribution in [3.8, 4) is 11.8 Å². The molecule has 0 aliphatic carbocycles. The third kappa shape index (κ3) is 4.88. The topological polar surface area (TPSA) is 92.6 Å². The second kappa shape index (κ2) is 9.65. The van der Waals surface area contributed by atoms with Gasteiger partial charge in [-0.25, -0.2) is 0 Å². The number of benzene rings is 2. The highest BCUT2D eigenvalue weighted by Gasteiger charge is 2.32. The Kier molecular flexibility index (Phi) is 6.51. The molecule has 1 aromatic heterocycles. The lowest BCUT2D eigenvalue weighted by Crippen LogP contribution is -2.49. The number of aromatic amines is 1. The standard InChI is InChI=1S/C24H26N4O3/c25-9-4-10-27-11-13-28(14-12-27)23(24(29)30)21-16-26-22-15-19(7-8-20(21)22)31-17-18-5-2-1-3-6-18/h1-3,5-8,15-16,23,26H,4,10-14,17H2,(H,29,30). The van der Waals surface area contributed by atoms with E-state index in [1.807, 2.05) is 53.4 Å². The molecule has 3 aromatic rings. The van der Waals surface area contributed by atoms with Gasteiger partial charge in [-0.2, -0.15) is 5.26 Å². The number of carboxylic acids is 1. The van der Waals surface area contributed by atoms with Crippen LogP contribution in [0.15, 0.2) is 54.7 Å². The summed E-state index contributed by atoms with van der Waals surface area (Å²) < 4.78 is 5.90. The van der Waals surface area contributed by atoms with Crippen LogP contribution < -0.4 is 4.74 Å². The molecule has 7 nitrogen and oxygen atoms in total. The fourth-order valence-corrected chi connectivity index (χ4v) is 4.12. The van der Waals surface area contributed by atoms with Crippen molar-refractivity contribution in [3.63, 3.8) is 0 Å². The maximum Gasteiger partial charge on any atom is 0.325 e. The van der Waals surface area contributed by atoms with Crippen LogP contribution in [-0.2, 0) is 11.4 Å². The third-order valence-corrected chi connectivity index (χ3v) is 5.77. The predicted octanol–water partition coefficient (Wildman–Crippen LogP) is 3.40. The molecule has 0 amide bonds. The van der Waals surface area contributed by atoms with E-state index in [1.54, 1.807) is 6.20 Å². The van der Waals surface area contributed by atoms with Crippen LogP contribution in [0.25, 0.3) is 10.9 Å². The lowest BCUT2D eigenvalue weighted by Gasteiger charge is -2.37. The molecule has 0 radical (unpaired) electrons. The molecule has 0 spiro atoms. The van der Waals surface area contributed by atoms with Crippen LogP contribution in [0.3, 0.4) is 0 Å². The van der Waals surface area contributed by atoms with Gasteiger partial charge in [0.2, 0.25) is 0 Å². The molecule has 0 saturated carbocycles. The largest absolute Gasteiger partial charge is 0.489 e. The van der Waals surface area contributed by atoms with Crippen LogP contribution in [0.4, 0.5) is 0 Å². The van der Waals surface area contributed by atoms with Gasteiger partial charge in [0.25, 0.3) is 0 Å². The number of carbonyl (C=O) groups is 1. The molecule has 1 aliphatic heterocycles. The van der Waals surface area contributed by atoms with Crippen molar-refractivity contribution in [3.05, 3.63) is 65.9 Å². The number of carboxylic acid groups (broad SMARTS) is 1. The predicted molar refractivity (Wildman–Crippen MR) is 118 cm³/mol. The monoisotopic (exact) mass is 418 g/mol. The minimum atomic E-state index is -0.851. The number of H-pyrrole nitrogens is 1. The molecular formula is C24H26N4O3. The van der Waals surface area contributed by atoms with Crippen LogP contribution >= 0.6 is 0 Å². The first-order valence-corrected chi connectivity index (χ1v) is 10.5. The van der Waals surface area contributed by atoms with E-state index < -0.39 is 12.0 Å². The molecule has 4 rings (SSSR count). The molecule has 31 heavy (non-hydrogen) atoms. The van der Waals surface area contributed by atoms with E-state index >= 15 is 0 Å². The smallest absolute Gasteiger partial charge is 0.325 e. The number of nitrogens with zero attached hydrogens (tertiary/aromatic N) is 3. The minimum absolute atomic E-state index is 0.480. The molecule has 7 heteroatoms. The SMILES string of the molecule is N#CCCN1CCN(C(C(=O)O)c2c[nH]c3cc(OCc4ccccc4)ccc23)CC1. The van der Waals surface area contributed by atoms with Crippen LogP contribution in [0.1, 0.15) is 23.6 Å². The molecule has 1 fully saturated rings. The Balaban J connectivity index is 1.48. The quantitative estimate of drug-likeness (QED) is 0.582. The number of rotatable bonds is 8. The van der Waals surface area contributed by atoms with Crippen LogP contribution in [0, 0.1) is 11.3 Å². The molecule has 2 N–H and O–H groups in total. The number of nitriles is 1. The molecule has 1 atom stereocenters. The summed E-state index contributed by atoms with van der Waals surface area (Å²) in [5, 5.41) is 19.7. The molecule has 1 saturated heterocycles. The summed E-state index contributed by atoms with van der Waals surface area (Å²) in [7, 11) is 0. The average molecular weight is 418 g/mol. The van der Waals surface area contributed by atoms with Crippen LogP contribution in [0.2, 0.25) is 0 Å². The number of aliphatic carboxylic acids is 1. The van der Waals surface area contributed by atoms with Gasteiger partial charge in [0.05, 0.1) is 6.07 Å². The summed E-state index contributed by atoms with van der Waals surface area (Å²) in [5.74, 6) is -0.112. The van der Waals surface area contributed by atoms with Gasteiger partial charge in [0.1, 0.15) is 18.4 Å². The number of nitrogens with one attached hydrogen (secondary N) is 1. The van der Waals surface area contributed by atoms with Gasteiger partial charge < -0.3 is 14.8 Å². The lowest BCUT2D eigenvalue weighted by molar-refractivity contribution is -0.144. The number of hydrogen-bond donors (Lipinski definition) is 2. The van der Waals surface area contributed by atoms with E-state index in [0.717, 1.165) is 47.4 Å². The van der Waals surface area contributed by atoms with Crippen LogP contribution in [0.5, 0.6) is 5.75 Å². The zero-order valence-corrected chi connectivity index (χ0v) is 17.3.